The zero-order chi connectivity index (χ0) is 23.9. The number of aromatic amines is 1. The Kier molecular flexibility index (Phi) is 9.15. The highest BCUT2D eigenvalue weighted by Crippen LogP contribution is 2.35. The largest absolute Gasteiger partial charge is 0.339 e. The summed E-state index contributed by atoms with van der Waals surface area (Å²) in [5.41, 5.74) is 1.57. The Balaban J connectivity index is 0.000000278. The van der Waals surface area contributed by atoms with Crippen molar-refractivity contribution in [2.75, 3.05) is 6.26 Å². The molecule has 0 aliphatic rings. The number of hydrogen-bond donors (Lipinski definition) is 2. The van der Waals surface area contributed by atoms with Crippen LogP contribution in [-0.2, 0) is 9.84 Å². The second-order valence-electron chi connectivity index (χ2n) is 7.62. The summed E-state index contributed by atoms with van der Waals surface area (Å²) in [6.45, 7) is 6.58. The monoisotopic (exact) mass is 483 g/mol. The van der Waals surface area contributed by atoms with Crippen molar-refractivity contribution in [1.82, 2.24) is 15.0 Å². The lowest BCUT2D eigenvalue weighted by Crippen LogP contribution is -2.29. The minimum atomic E-state index is -3.21. The number of pyridine rings is 2. The predicted octanol–water partition coefficient (Wildman–Crippen LogP) is 4.81. The summed E-state index contributed by atoms with van der Waals surface area (Å²) in [5.74, 6) is 1.12. The Hall–Kier alpha value is -2.52. The van der Waals surface area contributed by atoms with E-state index in [1.54, 1.807) is 6.07 Å². The molecule has 0 saturated heterocycles. The van der Waals surface area contributed by atoms with Crippen LogP contribution in [0.5, 0.6) is 0 Å². The van der Waals surface area contributed by atoms with E-state index >= 15 is 0 Å². The van der Waals surface area contributed by atoms with E-state index in [2.05, 4.69) is 35.7 Å². The fraction of sp³-hybridized carbons (Fsp3) is 0.409. The number of imidazole rings is 1. The molecule has 2 N–H and O–H groups in total. The van der Waals surface area contributed by atoms with Crippen LogP contribution in [0.2, 0.25) is 5.15 Å². The quantitative estimate of drug-likeness (QED) is 0.371. The van der Waals surface area contributed by atoms with Crippen molar-refractivity contribution in [3.05, 3.63) is 59.5 Å². The molecule has 0 amide bonds. The summed E-state index contributed by atoms with van der Waals surface area (Å²) in [6, 6.07) is 5.85. The van der Waals surface area contributed by atoms with Crippen molar-refractivity contribution in [2.24, 2.45) is 5.92 Å². The molecular weight excluding hydrogens is 455 g/mol. The number of hydrogen-bond acceptors (Lipinski definition) is 5. The molecule has 32 heavy (non-hydrogen) atoms. The predicted molar refractivity (Wildman–Crippen MR) is 121 cm³/mol. The molecule has 0 unspecified atom stereocenters. The van der Waals surface area contributed by atoms with Gasteiger partial charge < -0.3 is 4.98 Å². The molecule has 3 heterocycles. The summed E-state index contributed by atoms with van der Waals surface area (Å²) >= 11 is 6.31. The Morgan fingerprint density at radius 3 is 2.50 bits per heavy atom. The number of aromatic nitrogens is 4. The SMILES string of the molecule is CCC[C@@H](c1[nH]c(-c2ccc(F)cn2)nc1Cl)[C@@H](C)CC.CS(=O)(=O)c1ccc[n+](O)c1. The van der Waals surface area contributed by atoms with E-state index in [4.69, 9.17) is 16.8 Å². The van der Waals surface area contributed by atoms with Crippen LogP contribution >= 0.6 is 11.6 Å². The van der Waals surface area contributed by atoms with Gasteiger partial charge in [-0.15, -0.1) is 0 Å². The number of nitrogens with zero attached hydrogens (tertiary/aromatic N) is 3. The van der Waals surface area contributed by atoms with Gasteiger partial charge >= 0.3 is 0 Å². The molecule has 0 radical (unpaired) electrons. The lowest BCUT2D eigenvalue weighted by molar-refractivity contribution is -0.906. The summed E-state index contributed by atoms with van der Waals surface area (Å²) in [6.07, 6.45) is 7.99. The minimum Gasteiger partial charge on any atom is -0.339 e. The van der Waals surface area contributed by atoms with Crippen LogP contribution < -0.4 is 4.73 Å². The highest BCUT2D eigenvalue weighted by atomic mass is 35.5. The number of H-pyrrole nitrogens is 1. The van der Waals surface area contributed by atoms with Crippen LogP contribution in [-0.4, -0.2) is 34.8 Å². The standard InChI is InChI=1S/C16H21ClFN3.C6H8NO3S/c1-4-6-12(10(3)5-2)14-15(17)21-16(20-14)13-8-7-11(18)9-19-13;1-11(9,10)6-3-2-4-7(8)5-6/h7-10,12H,4-6H2,1-3H3,(H,20,21);2-5,8H,1H3/q;+1/t10-,12+;/m0./s1. The maximum Gasteiger partial charge on any atom is 0.240 e. The molecule has 0 saturated carbocycles. The molecule has 7 nitrogen and oxygen atoms in total. The number of sulfone groups is 1. The highest BCUT2D eigenvalue weighted by Gasteiger charge is 2.23. The average Bonchev–Trinajstić information content (AvgIpc) is 3.13. The molecule has 3 aromatic rings. The van der Waals surface area contributed by atoms with Gasteiger partial charge in [-0.1, -0.05) is 45.2 Å². The normalized spacial score (nSPS) is 13.2. The van der Waals surface area contributed by atoms with Crippen LogP contribution in [0.25, 0.3) is 11.5 Å². The number of rotatable bonds is 7. The smallest absolute Gasteiger partial charge is 0.240 e. The van der Waals surface area contributed by atoms with E-state index in [0.29, 0.717) is 33.2 Å². The van der Waals surface area contributed by atoms with E-state index < -0.39 is 9.84 Å². The summed E-state index contributed by atoms with van der Waals surface area (Å²) in [7, 11) is -3.21. The zero-order valence-corrected chi connectivity index (χ0v) is 20.2. The molecule has 3 rings (SSSR count). The minimum absolute atomic E-state index is 0.0995. The first-order valence-corrected chi connectivity index (χ1v) is 12.6. The second kappa shape index (κ2) is 11.4. The molecule has 0 aliphatic heterocycles. The van der Waals surface area contributed by atoms with Gasteiger partial charge in [0.1, 0.15) is 16.4 Å². The molecule has 3 aromatic heterocycles. The van der Waals surface area contributed by atoms with Crippen molar-refractivity contribution >= 4 is 21.4 Å². The van der Waals surface area contributed by atoms with Crippen LogP contribution in [0.4, 0.5) is 4.39 Å². The van der Waals surface area contributed by atoms with E-state index in [-0.39, 0.29) is 10.7 Å². The lowest BCUT2D eigenvalue weighted by atomic mass is 9.86. The zero-order valence-electron chi connectivity index (χ0n) is 18.6. The van der Waals surface area contributed by atoms with Gasteiger partial charge in [0.15, 0.2) is 20.8 Å². The fourth-order valence-electron chi connectivity index (χ4n) is 3.22. The molecule has 174 valence electrons. The molecule has 0 spiro atoms. The van der Waals surface area contributed by atoms with Gasteiger partial charge in [0.05, 0.1) is 11.9 Å². The van der Waals surface area contributed by atoms with Crippen LogP contribution in [0.15, 0.2) is 47.8 Å². The number of halogens is 2. The van der Waals surface area contributed by atoms with E-state index in [9.17, 15) is 12.8 Å². The summed E-state index contributed by atoms with van der Waals surface area (Å²) < 4.78 is 35.4. The molecule has 0 aliphatic carbocycles. The van der Waals surface area contributed by atoms with Crippen LogP contribution in [0.3, 0.4) is 0 Å². The van der Waals surface area contributed by atoms with Crippen LogP contribution in [0, 0.1) is 11.7 Å². The van der Waals surface area contributed by atoms with Crippen molar-refractivity contribution in [2.45, 2.75) is 50.8 Å². The van der Waals surface area contributed by atoms with Gasteiger partial charge in [0.2, 0.25) is 12.4 Å². The van der Waals surface area contributed by atoms with Gasteiger partial charge in [-0.2, -0.15) is 0 Å². The number of nitrogens with one attached hydrogen (secondary N) is 1. The van der Waals surface area contributed by atoms with Crippen LogP contribution in [0.1, 0.15) is 51.6 Å². The average molecular weight is 484 g/mol. The summed E-state index contributed by atoms with van der Waals surface area (Å²) in [5, 5.41) is 9.32. The third kappa shape index (κ3) is 7.00. The third-order valence-corrected chi connectivity index (χ3v) is 6.53. The summed E-state index contributed by atoms with van der Waals surface area (Å²) in [4.78, 5) is 11.8. The Morgan fingerprint density at radius 2 is 2.00 bits per heavy atom. The molecule has 0 fully saturated rings. The lowest BCUT2D eigenvalue weighted by Gasteiger charge is -2.21. The van der Waals surface area contributed by atoms with E-state index in [0.717, 1.165) is 37.4 Å². The van der Waals surface area contributed by atoms with Gasteiger partial charge in [0, 0.05) is 23.0 Å². The van der Waals surface area contributed by atoms with Crippen molar-refractivity contribution in [1.29, 1.82) is 0 Å². The first-order valence-electron chi connectivity index (χ1n) is 10.3. The van der Waals surface area contributed by atoms with Gasteiger partial charge in [-0.05, 0) is 30.5 Å². The first kappa shape index (κ1) is 25.7. The maximum atomic E-state index is 12.9. The molecule has 10 heteroatoms. The molecule has 0 bridgehead atoms. The van der Waals surface area contributed by atoms with Crippen molar-refractivity contribution < 1.29 is 22.7 Å². The molecule has 0 aromatic carbocycles. The first-order chi connectivity index (χ1) is 15.1. The Bertz CT molecular complexity index is 1120. The molecule has 2 atom stereocenters. The van der Waals surface area contributed by atoms with Gasteiger partial charge in [-0.25, -0.2) is 22.8 Å². The van der Waals surface area contributed by atoms with E-state index in [1.807, 2.05) is 0 Å². The Labute approximate surface area is 193 Å². The van der Waals surface area contributed by atoms with Gasteiger partial charge in [0.25, 0.3) is 0 Å². The van der Waals surface area contributed by atoms with Crippen molar-refractivity contribution in [3.63, 3.8) is 0 Å². The topological polar surface area (TPSA) is 99.8 Å². The van der Waals surface area contributed by atoms with Crippen molar-refractivity contribution in [3.8, 4) is 11.5 Å². The highest BCUT2D eigenvalue weighted by molar-refractivity contribution is 7.90. The third-order valence-electron chi connectivity index (χ3n) is 5.14. The van der Waals surface area contributed by atoms with Gasteiger partial charge in [-0.3, -0.25) is 5.21 Å². The Morgan fingerprint density at radius 1 is 1.28 bits per heavy atom. The van der Waals surface area contributed by atoms with E-state index in [1.165, 1.54) is 30.6 Å². The molecular formula is C22H29ClFN4O3S+. The fourth-order valence-corrected chi connectivity index (χ4v) is 4.12. The second-order valence-corrected chi connectivity index (χ2v) is 10.00. The maximum absolute atomic E-state index is 12.9.